The summed E-state index contributed by atoms with van der Waals surface area (Å²) in [6.07, 6.45) is 0. The Balaban J connectivity index is 0.00000220. The number of fused-ring (bicyclic) bond motifs is 1. The van der Waals surface area contributed by atoms with E-state index in [0.717, 1.165) is 6.07 Å². The van der Waals surface area contributed by atoms with Crippen LogP contribution >= 0.6 is 0 Å². The van der Waals surface area contributed by atoms with E-state index in [1.807, 2.05) is 0 Å². The number of benzene rings is 2. The molecular formula is C10H9NaO8S2. The molecule has 0 radical (unpaired) electrons. The Labute approximate surface area is 142 Å². The average molecular weight is 344 g/mol. The van der Waals surface area contributed by atoms with Crippen molar-refractivity contribution < 1.29 is 36.0 Å². The molecule has 0 amide bonds. The maximum absolute atomic E-state index is 11.7. The molecule has 0 aliphatic rings. The predicted molar refractivity (Wildman–Crippen MR) is 72.9 cm³/mol. The predicted octanol–water partition coefficient (Wildman–Crippen LogP) is 0.548. The minimum atomic E-state index is -4.76. The second kappa shape index (κ2) is 6.69. The molecule has 2 aromatic rings. The number of rotatable bonds is 4. The topological polar surface area (TPSA) is 127 Å². The van der Waals surface area contributed by atoms with Gasteiger partial charge in [-0.2, -0.15) is 16.8 Å². The van der Waals surface area contributed by atoms with Gasteiger partial charge in [0.25, 0.3) is 0 Å². The van der Waals surface area contributed by atoms with Gasteiger partial charge in [0.1, 0.15) is 9.79 Å². The molecule has 11 heteroatoms. The second-order valence-corrected chi connectivity index (χ2v) is 6.63. The zero-order valence-electron chi connectivity index (χ0n) is 9.62. The zero-order chi connectivity index (χ0) is 15.0. The van der Waals surface area contributed by atoms with Crippen LogP contribution in [-0.4, -0.2) is 56.9 Å². The molecule has 0 spiro atoms. The molecule has 0 saturated heterocycles. The van der Waals surface area contributed by atoms with E-state index in [2.05, 4.69) is 8.67 Å². The fourth-order valence-corrected chi connectivity index (χ4v) is 3.86. The summed E-state index contributed by atoms with van der Waals surface area (Å²) < 4.78 is 53.3. The summed E-state index contributed by atoms with van der Waals surface area (Å²) in [5, 5.41) is 17.3. The summed E-state index contributed by atoms with van der Waals surface area (Å²) in [4.78, 5) is -1.68. The third-order valence-electron chi connectivity index (χ3n) is 2.56. The van der Waals surface area contributed by atoms with E-state index in [-0.39, 0.29) is 34.9 Å². The molecule has 2 aromatic carbocycles. The van der Waals surface area contributed by atoms with Crippen LogP contribution in [0.5, 0.6) is 0 Å². The Morgan fingerprint density at radius 1 is 0.810 bits per heavy atom. The van der Waals surface area contributed by atoms with Crippen LogP contribution in [0.3, 0.4) is 0 Å². The van der Waals surface area contributed by atoms with Crippen LogP contribution in [0.15, 0.2) is 46.2 Å². The van der Waals surface area contributed by atoms with Crippen molar-refractivity contribution >= 4 is 60.6 Å². The molecule has 2 rings (SSSR count). The quantitative estimate of drug-likeness (QED) is 0.467. The molecular weight excluding hydrogens is 335 g/mol. The van der Waals surface area contributed by atoms with E-state index in [1.54, 1.807) is 6.07 Å². The molecule has 2 N–H and O–H groups in total. The van der Waals surface area contributed by atoms with Gasteiger partial charge in [-0.15, -0.1) is 8.67 Å². The van der Waals surface area contributed by atoms with Gasteiger partial charge in [0, 0.05) is 5.39 Å². The van der Waals surface area contributed by atoms with Crippen molar-refractivity contribution in [3.05, 3.63) is 36.4 Å². The average Bonchev–Trinajstić information content (AvgIpc) is 2.45. The van der Waals surface area contributed by atoms with E-state index in [0.29, 0.717) is 5.39 Å². The van der Waals surface area contributed by atoms with E-state index in [4.69, 9.17) is 10.5 Å². The van der Waals surface area contributed by atoms with Crippen LogP contribution in [0.25, 0.3) is 10.8 Å². The molecule has 0 atom stereocenters. The summed E-state index contributed by atoms with van der Waals surface area (Å²) in [5.41, 5.74) is 0. The molecule has 110 valence electrons. The van der Waals surface area contributed by atoms with Crippen molar-refractivity contribution in [2.24, 2.45) is 0 Å². The van der Waals surface area contributed by atoms with E-state index in [1.165, 1.54) is 24.3 Å². The minimum absolute atomic E-state index is 0. The van der Waals surface area contributed by atoms with Gasteiger partial charge >= 0.3 is 49.8 Å². The standard InChI is InChI=1S/C10H8O8S2.Na.H/c11-17-19(13,14)9-6-5-7-3-1-2-4-8(7)10(9)20(15,16)18-12;;/h1-6,11-12H;;. The first-order valence-corrected chi connectivity index (χ1v) is 7.83. The Hall–Kier alpha value is -0.560. The molecule has 0 bridgehead atoms. The fraction of sp³-hybridized carbons (Fsp3) is 0. The molecule has 0 heterocycles. The van der Waals surface area contributed by atoms with E-state index < -0.39 is 30.0 Å². The van der Waals surface area contributed by atoms with Crippen LogP contribution in [0.1, 0.15) is 0 Å². The van der Waals surface area contributed by atoms with Gasteiger partial charge in [0.2, 0.25) is 0 Å². The van der Waals surface area contributed by atoms with Crippen LogP contribution in [0, 0.1) is 0 Å². The number of hydrogen-bond acceptors (Lipinski definition) is 8. The van der Waals surface area contributed by atoms with E-state index >= 15 is 0 Å². The molecule has 21 heavy (non-hydrogen) atoms. The van der Waals surface area contributed by atoms with Gasteiger partial charge in [-0.1, -0.05) is 30.3 Å². The summed E-state index contributed by atoms with van der Waals surface area (Å²) >= 11 is 0. The molecule has 0 aromatic heterocycles. The third kappa shape index (κ3) is 3.44. The monoisotopic (exact) mass is 344 g/mol. The molecule has 0 aliphatic heterocycles. The van der Waals surface area contributed by atoms with Gasteiger partial charge in [0.05, 0.1) is 0 Å². The molecule has 0 saturated carbocycles. The SMILES string of the molecule is O=S(=O)(OO)c1ccc2ccccc2c1S(=O)(=O)OO.[NaH]. The Morgan fingerprint density at radius 2 is 1.38 bits per heavy atom. The zero-order valence-corrected chi connectivity index (χ0v) is 11.3. The first-order valence-electron chi connectivity index (χ1n) is 5.01. The summed E-state index contributed by atoms with van der Waals surface area (Å²) in [5.74, 6) is 0. The number of hydrogen-bond donors (Lipinski definition) is 2. The normalized spacial score (nSPS) is 12.1. The Bertz CT molecular complexity index is 860. The molecule has 0 aliphatic carbocycles. The molecule has 8 nitrogen and oxygen atoms in total. The van der Waals surface area contributed by atoms with Crippen LogP contribution in [0.4, 0.5) is 0 Å². The van der Waals surface area contributed by atoms with Gasteiger partial charge in [-0.3, -0.25) is 0 Å². The molecule has 0 fully saturated rings. The van der Waals surface area contributed by atoms with Crippen molar-refractivity contribution in [1.29, 1.82) is 0 Å². The van der Waals surface area contributed by atoms with Crippen LogP contribution in [-0.2, 0) is 28.9 Å². The molecule has 0 unspecified atom stereocenters. The summed E-state index contributed by atoms with van der Waals surface area (Å²) in [6.45, 7) is 0. The Kier molecular flexibility index (Phi) is 5.89. The van der Waals surface area contributed by atoms with Crippen LogP contribution in [0.2, 0.25) is 0 Å². The van der Waals surface area contributed by atoms with Crippen molar-refractivity contribution in [2.75, 3.05) is 0 Å². The first-order chi connectivity index (χ1) is 9.33. The van der Waals surface area contributed by atoms with Gasteiger partial charge in [-0.25, -0.2) is 10.5 Å². The van der Waals surface area contributed by atoms with Gasteiger partial charge in [0.15, 0.2) is 0 Å². The Morgan fingerprint density at radius 3 is 1.95 bits per heavy atom. The van der Waals surface area contributed by atoms with Crippen LogP contribution < -0.4 is 0 Å². The first kappa shape index (κ1) is 18.5. The second-order valence-electron chi connectivity index (χ2n) is 3.67. The van der Waals surface area contributed by atoms with Crippen molar-refractivity contribution in [3.8, 4) is 0 Å². The fourth-order valence-electron chi connectivity index (χ4n) is 1.76. The van der Waals surface area contributed by atoms with Gasteiger partial charge in [-0.05, 0) is 11.5 Å². The van der Waals surface area contributed by atoms with Crippen molar-refractivity contribution in [3.63, 3.8) is 0 Å². The summed E-state index contributed by atoms with van der Waals surface area (Å²) in [6, 6.07) is 8.15. The van der Waals surface area contributed by atoms with Crippen molar-refractivity contribution in [1.82, 2.24) is 0 Å². The van der Waals surface area contributed by atoms with Crippen molar-refractivity contribution in [2.45, 2.75) is 9.79 Å². The summed E-state index contributed by atoms with van der Waals surface area (Å²) in [7, 11) is -9.49. The third-order valence-corrected chi connectivity index (χ3v) is 4.90. The van der Waals surface area contributed by atoms with Gasteiger partial charge < -0.3 is 0 Å². The van der Waals surface area contributed by atoms with E-state index in [9.17, 15) is 16.8 Å². The maximum atomic E-state index is 11.7.